The van der Waals surface area contributed by atoms with Crippen LogP contribution in [0.5, 0.6) is 0 Å². The summed E-state index contributed by atoms with van der Waals surface area (Å²) in [5.74, 6) is 0. The fourth-order valence-corrected chi connectivity index (χ4v) is 7.08. The fraction of sp³-hybridized carbons (Fsp3) is 0.737. The van der Waals surface area contributed by atoms with Gasteiger partial charge in [-0.15, -0.1) is 0 Å². The SMILES string of the molecule is CCN(CC)Cc1ccc(C[Si](C(C)(C)C)C(C)(C)C)nc1. The third-order valence-electron chi connectivity index (χ3n) is 4.36. The lowest BCUT2D eigenvalue weighted by Gasteiger charge is -2.39. The van der Waals surface area contributed by atoms with Crippen molar-refractivity contribution in [3.05, 3.63) is 29.6 Å². The fourth-order valence-electron chi connectivity index (χ4n) is 3.20. The molecule has 0 fully saturated rings. The smallest absolute Gasteiger partial charge is 0.0659 e. The van der Waals surface area contributed by atoms with Gasteiger partial charge in [-0.1, -0.05) is 61.5 Å². The van der Waals surface area contributed by atoms with Crippen molar-refractivity contribution >= 4 is 8.80 Å². The Hall–Kier alpha value is -0.673. The summed E-state index contributed by atoms with van der Waals surface area (Å²) in [6.07, 6.45) is 2.08. The Morgan fingerprint density at radius 3 is 1.86 bits per heavy atom. The molecule has 0 spiro atoms. The Bertz CT molecular complexity index is 422. The van der Waals surface area contributed by atoms with E-state index in [9.17, 15) is 0 Å². The van der Waals surface area contributed by atoms with E-state index >= 15 is 0 Å². The Kier molecular flexibility index (Phi) is 6.81. The first kappa shape index (κ1) is 19.4. The van der Waals surface area contributed by atoms with Crippen molar-refractivity contribution < 1.29 is 0 Å². The van der Waals surface area contributed by atoms with E-state index in [-0.39, 0.29) is 0 Å². The lowest BCUT2D eigenvalue weighted by Crippen LogP contribution is -2.37. The largest absolute Gasteiger partial charge is 0.300 e. The minimum absolute atomic E-state index is 0.393. The highest BCUT2D eigenvalue weighted by atomic mass is 28.3. The molecule has 1 rings (SSSR count). The summed E-state index contributed by atoms with van der Waals surface area (Å²) in [5.41, 5.74) is 2.59. The summed E-state index contributed by atoms with van der Waals surface area (Å²) >= 11 is 0. The molecule has 0 aliphatic heterocycles. The van der Waals surface area contributed by atoms with Gasteiger partial charge in [0.15, 0.2) is 0 Å². The second-order valence-corrected chi connectivity index (χ2v) is 12.6. The molecule has 1 radical (unpaired) electrons. The summed E-state index contributed by atoms with van der Waals surface area (Å²) in [5, 5.41) is 0.787. The molecule has 125 valence electrons. The van der Waals surface area contributed by atoms with Crippen LogP contribution in [-0.2, 0) is 12.6 Å². The van der Waals surface area contributed by atoms with Crippen LogP contribution in [0.3, 0.4) is 0 Å². The normalized spacial score (nSPS) is 13.2. The summed E-state index contributed by atoms with van der Waals surface area (Å²) in [4.78, 5) is 7.19. The van der Waals surface area contributed by atoms with Gasteiger partial charge in [-0.3, -0.25) is 9.88 Å². The lowest BCUT2D eigenvalue weighted by molar-refractivity contribution is 0.295. The van der Waals surface area contributed by atoms with Crippen LogP contribution in [0.4, 0.5) is 0 Å². The maximum atomic E-state index is 4.77. The Labute approximate surface area is 139 Å². The van der Waals surface area contributed by atoms with Crippen molar-refractivity contribution in [2.45, 2.75) is 78.1 Å². The third kappa shape index (κ3) is 5.84. The molecular formula is C19H35N2Si. The predicted octanol–water partition coefficient (Wildman–Crippen LogP) is 5.10. The zero-order valence-electron chi connectivity index (χ0n) is 16.0. The lowest BCUT2D eigenvalue weighted by atomic mass is 10.2. The van der Waals surface area contributed by atoms with Gasteiger partial charge in [0, 0.05) is 18.4 Å². The molecular weight excluding hydrogens is 284 g/mol. The van der Waals surface area contributed by atoms with E-state index in [1.54, 1.807) is 0 Å². The predicted molar refractivity (Wildman–Crippen MR) is 99.8 cm³/mol. The third-order valence-corrected chi connectivity index (χ3v) is 8.69. The van der Waals surface area contributed by atoms with Gasteiger partial charge in [-0.2, -0.15) is 0 Å². The van der Waals surface area contributed by atoms with Crippen LogP contribution < -0.4 is 0 Å². The molecule has 22 heavy (non-hydrogen) atoms. The first-order valence-electron chi connectivity index (χ1n) is 8.60. The Balaban J connectivity index is 2.82. The van der Waals surface area contributed by atoms with Crippen molar-refractivity contribution in [1.29, 1.82) is 0 Å². The van der Waals surface area contributed by atoms with Gasteiger partial charge in [0.25, 0.3) is 0 Å². The van der Waals surface area contributed by atoms with E-state index in [0.29, 0.717) is 10.1 Å². The van der Waals surface area contributed by atoms with Crippen LogP contribution in [0.2, 0.25) is 10.1 Å². The number of hydrogen-bond donors (Lipinski definition) is 0. The highest BCUT2D eigenvalue weighted by molar-refractivity contribution is 6.64. The molecule has 0 atom stereocenters. The van der Waals surface area contributed by atoms with Gasteiger partial charge in [-0.25, -0.2) is 0 Å². The van der Waals surface area contributed by atoms with Crippen molar-refractivity contribution in [3.63, 3.8) is 0 Å². The first-order chi connectivity index (χ1) is 10.1. The topological polar surface area (TPSA) is 16.1 Å². The minimum Gasteiger partial charge on any atom is -0.300 e. The first-order valence-corrected chi connectivity index (χ1v) is 10.3. The molecule has 0 saturated heterocycles. The van der Waals surface area contributed by atoms with Crippen molar-refractivity contribution in [2.24, 2.45) is 0 Å². The number of aromatic nitrogens is 1. The van der Waals surface area contributed by atoms with Crippen molar-refractivity contribution in [3.8, 4) is 0 Å². The standard InChI is InChI=1S/C19H35N2Si/c1-9-21(10-2)14-16-11-12-17(20-13-16)15-22(18(3,4)5)19(6,7)8/h11-13H,9-10,14-15H2,1-8H3. The number of pyridine rings is 1. The number of nitrogens with zero attached hydrogens (tertiary/aromatic N) is 2. The van der Waals surface area contributed by atoms with E-state index in [1.807, 2.05) is 0 Å². The molecule has 0 aromatic carbocycles. The van der Waals surface area contributed by atoms with E-state index in [0.717, 1.165) is 25.7 Å². The van der Waals surface area contributed by atoms with Gasteiger partial charge in [0.1, 0.15) is 0 Å². The summed E-state index contributed by atoms with van der Waals surface area (Å²) in [7, 11) is -0.545. The van der Waals surface area contributed by atoms with Gasteiger partial charge in [0.2, 0.25) is 0 Å². The molecule has 0 N–H and O–H groups in total. The maximum absolute atomic E-state index is 4.77. The van der Waals surface area contributed by atoms with Crippen LogP contribution in [0.15, 0.2) is 18.3 Å². The molecule has 1 aromatic heterocycles. The zero-order valence-corrected chi connectivity index (χ0v) is 17.0. The summed E-state index contributed by atoms with van der Waals surface area (Å²) in [6.45, 7) is 22.0. The monoisotopic (exact) mass is 319 g/mol. The second-order valence-electron chi connectivity index (χ2n) is 8.27. The van der Waals surface area contributed by atoms with Gasteiger partial charge >= 0.3 is 0 Å². The van der Waals surface area contributed by atoms with E-state index < -0.39 is 8.80 Å². The summed E-state index contributed by atoms with van der Waals surface area (Å²) in [6, 6.07) is 5.68. The molecule has 0 amide bonds. The molecule has 1 aromatic rings. The van der Waals surface area contributed by atoms with E-state index in [4.69, 9.17) is 4.98 Å². The molecule has 0 unspecified atom stereocenters. The minimum atomic E-state index is -0.545. The van der Waals surface area contributed by atoms with Crippen molar-refractivity contribution in [1.82, 2.24) is 9.88 Å². The second kappa shape index (κ2) is 7.74. The van der Waals surface area contributed by atoms with Gasteiger partial charge < -0.3 is 0 Å². The molecule has 0 saturated carbocycles. The highest BCUT2D eigenvalue weighted by Crippen LogP contribution is 2.43. The van der Waals surface area contributed by atoms with Crippen LogP contribution >= 0.6 is 0 Å². The molecule has 3 heteroatoms. The molecule has 0 bridgehead atoms. The number of rotatable bonds is 6. The maximum Gasteiger partial charge on any atom is 0.0659 e. The molecule has 0 aliphatic rings. The molecule has 0 aliphatic carbocycles. The summed E-state index contributed by atoms with van der Waals surface area (Å²) < 4.78 is 0. The van der Waals surface area contributed by atoms with E-state index in [2.05, 4.69) is 78.6 Å². The molecule has 2 nitrogen and oxygen atoms in total. The average molecular weight is 320 g/mol. The van der Waals surface area contributed by atoms with E-state index in [1.165, 1.54) is 11.3 Å². The average Bonchev–Trinajstić information content (AvgIpc) is 2.41. The van der Waals surface area contributed by atoms with Gasteiger partial charge in [-0.05, 0) is 40.8 Å². The van der Waals surface area contributed by atoms with Gasteiger partial charge in [0.05, 0.1) is 8.80 Å². The zero-order chi connectivity index (χ0) is 17.0. The molecule has 1 heterocycles. The number of hydrogen-bond acceptors (Lipinski definition) is 2. The Morgan fingerprint density at radius 1 is 0.955 bits per heavy atom. The van der Waals surface area contributed by atoms with Crippen LogP contribution in [-0.4, -0.2) is 31.8 Å². The van der Waals surface area contributed by atoms with Crippen LogP contribution in [0.1, 0.15) is 66.6 Å². The van der Waals surface area contributed by atoms with Crippen molar-refractivity contribution in [2.75, 3.05) is 13.1 Å². The Morgan fingerprint density at radius 2 is 1.50 bits per heavy atom. The quantitative estimate of drug-likeness (QED) is 0.678. The van der Waals surface area contributed by atoms with Crippen LogP contribution in [0, 0.1) is 0 Å². The highest BCUT2D eigenvalue weighted by Gasteiger charge is 2.36. The van der Waals surface area contributed by atoms with Crippen LogP contribution in [0.25, 0.3) is 0 Å².